The summed E-state index contributed by atoms with van der Waals surface area (Å²) in [5, 5.41) is 8.41. The lowest BCUT2D eigenvalue weighted by Gasteiger charge is -2.11. The average molecular weight is 443 g/mol. The number of rotatable bonds is 8. The van der Waals surface area contributed by atoms with Gasteiger partial charge in [-0.25, -0.2) is 4.79 Å². The van der Waals surface area contributed by atoms with Crippen LogP contribution in [0.25, 0.3) is 17.5 Å². The summed E-state index contributed by atoms with van der Waals surface area (Å²) >= 11 is 6.23. The molecular formula is C23H23ClN2O5. The molecule has 31 heavy (non-hydrogen) atoms. The Balaban J connectivity index is 1.67. The molecule has 8 heteroatoms. The third-order valence-corrected chi connectivity index (χ3v) is 4.57. The van der Waals surface area contributed by atoms with Gasteiger partial charge in [0.25, 0.3) is 5.89 Å². The van der Waals surface area contributed by atoms with Gasteiger partial charge in [0.15, 0.2) is 17.6 Å². The molecule has 3 aromatic rings. The van der Waals surface area contributed by atoms with E-state index >= 15 is 0 Å². The lowest BCUT2D eigenvalue weighted by Crippen LogP contribution is -2.06. The predicted molar refractivity (Wildman–Crippen MR) is 117 cm³/mol. The highest BCUT2D eigenvalue weighted by Gasteiger charge is 2.18. The molecule has 2 aromatic carbocycles. The topological polar surface area (TPSA) is 83.7 Å². The van der Waals surface area contributed by atoms with Crippen LogP contribution in [0, 0.1) is 6.92 Å². The van der Waals surface area contributed by atoms with Crippen LogP contribution in [0.3, 0.4) is 0 Å². The molecule has 0 aliphatic carbocycles. The quantitative estimate of drug-likeness (QED) is 0.340. The van der Waals surface area contributed by atoms with E-state index in [0.717, 1.165) is 11.1 Å². The molecule has 0 radical (unpaired) electrons. The normalized spacial score (nSPS) is 12.0. The van der Waals surface area contributed by atoms with Crippen molar-refractivity contribution in [2.24, 2.45) is 0 Å². The first-order valence-electron chi connectivity index (χ1n) is 9.70. The van der Waals surface area contributed by atoms with Crippen molar-refractivity contribution < 1.29 is 23.4 Å². The third kappa shape index (κ3) is 5.64. The van der Waals surface area contributed by atoms with Crippen LogP contribution in [0.2, 0.25) is 5.02 Å². The molecule has 1 unspecified atom stereocenters. The molecule has 0 saturated heterocycles. The zero-order valence-corrected chi connectivity index (χ0v) is 18.5. The van der Waals surface area contributed by atoms with Crippen molar-refractivity contribution in [1.29, 1.82) is 0 Å². The summed E-state index contributed by atoms with van der Waals surface area (Å²) in [4.78, 5) is 12.3. The van der Waals surface area contributed by atoms with Gasteiger partial charge >= 0.3 is 5.97 Å². The molecule has 0 saturated carbocycles. The fourth-order valence-corrected chi connectivity index (χ4v) is 3.16. The SMILES string of the molecule is CCOc1cc(/C=C/C(=O)OC(C)c2nnc(-c3cccc(C)c3)o2)cc(Cl)c1OC. The number of halogens is 1. The van der Waals surface area contributed by atoms with Crippen LogP contribution in [0.4, 0.5) is 0 Å². The first-order chi connectivity index (χ1) is 14.9. The molecule has 0 bridgehead atoms. The molecule has 0 aliphatic heterocycles. The molecule has 162 valence electrons. The number of nitrogens with zero attached hydrogens (tertiary/aromatic N) is 2. The fraction of sp³-hybridized carbons (Fsp3) is 0.261. The molecule has 0 spiro atoms. The summed E-state index contributed by atoms with van der Waals surface area (Å²) in [5.41, 5.74) is 2.55. The van der Waals surface area contributed by atoms with Crippen LogP contribution < -0.4 is 9.47 Å². The Kier molecular flexibility index (Phi) is 7.31. The van der Waals surface area contributed by atoms with Crippen molar-refractivity contribution >= 4 is 23.6 Å². The Bertz CT molecular complexity index is 1090. The summed E-state index contributed by atoms with van der Waals surface area (Å²) in [6.07, 6.45) is 2.17. The number of esters is 1. The van der Waals surface area contributed by atoms with E-state index < -0.39 is 12.1 Å². The van der Waals surface area contributed by atoms with Crippen LogP contribution in [-0.2, 0) is 9.53 Å². The summed E-state index contributed by atoms with van der Waals surface area (Å²) in [7, 11) is 1.51. The first kappa shape index (κ1) is 22.4. The van der Waals surface area contributed by atoms with Crippen molar-refractivity contribution in [1.82, 2.24) is 10.2 Å². The van der Waals surface area contributed by atoms with Gasteiger partial charge in [0.05, 0.1) is 18.7 Å². The summed E-state index contributed by atoms with van der Waals surface area (Å²) in [6, 6.07) is 11.1. The lowest BCUT2D eigenvalue weighted by atomic mass is 10.1. The Labute approximate surface area is 185 Å². The van der Waals surface area contributed by atoms with E-state index in [4.69, 9.17) is 30.2 Å². The number of hydrogen-bond donors (Lipinski definition) is 0. The number of methoxy groups -OCH3 is 1. The number of benzene rings is 2. The Morgan fingerprint density at radius 1 is 1.26 bits per heavy atom. The van der Waals surface area contributed by atoms with E-state index in [-0.39, 0.29) is 5.89 Å². The second-order valence-corrected chi connectivity index (χ2v) is 7.10. The van der Waals surface area contributed by atoms with Gasteiger partial charge in [0, 0.05) is 11.6 Å². The Morgan fingerprint density at radius 2 is 2.06 bits per heavy atom. The molecule has 0 aliphatic rings. The highest BCUT2D eigenvalue weighted by molar-refractivity contribution is 6.32. The molecule has 0 N–H and O–H groups in total. The van der Waals surface area contributed by atoms with Gasteiger partial charge in [-0.1, -0.05) is 29.3 Å². The number of aryl methyl sites for hydroxylation is 1. The monoisotopic (exact) mass is 442 g/mol. The number of carbonyl (C=O) groups is 1. The van der Waals surface area contributed by atoms with E-state index in [1.807, 2.05) is 38.1 Å². The predicted octanol–water partition coefficient (Wildman–Crippen LogP) is 5.42. The van der Waals surface area contributed by atoms with E-state index in [1.54, 1.807) is 25.1 Å². The van der Waals surface area contributed by atoms with Gasteiger partial charge in [0.2, 0.25) is 5.89 Å². The minimum Gasteiger partial charge on any atom is -0.491 e. The maximum atomic E-state index is 12.3. The largest absolute Gasteiger partial charge is 0.491 e. The molecule has 0 amide bonds. The Hall–Kier alpha value is -3.32. The van der Waals surface area contributed by atoms with Crippen LogP contribution in [0.5, 0.6) is 11.5 Å². The molecule has 7 nitrogen and oxygen atoms in total. The molecule has 0 fully saturated rings. The van der Waals surface area contributed by atoms with E-state index in [9.17, 15) is 4.79 Å². The van der Waals surface area contributed by atoms with Gasteiger partial charge in [0.1, 0.15) is 0 Å². The van der Waals surface area contributed by atoms with Crippen LogP contribution >= 0.6 is 11.6 Å². The molecule has 1 aromatic heterocycles. The van der Waals surface area contributed by atoms with Gasteiger partial charge < -0.3 is 18.6 Å². The van der Waals surface area contributed by atoms with Gasteiger partial charge in [-0.2, -0.15) is 0 Å². The third-order valence-electron chi connectivity index (χ3n) is 4.29. The van der Waals surface area contributed by atoms with Gasteiger partial charge in [-0.15, -0.1) is 10.2 Å². The fourth-order valence-electron chi connectivity index (χ4n) is 2.87. The zero-order valence-electron chi connectivity index (χ0n) is 17.7. The van der Waals surface area contributed by atoms with Crippen molar-refractivity contribution in [3.63, 3.8) is 0 Å². The van der Waals surface area contributed by atoms with E-state index in [1.165, 1.54) is 13.2 Å². The summed E-state index contributed by atoms with van der Waals surface area (Å²) in [5.74, 6) is 0.955. The summed E-state index contributed by atoms with van der Waals surface area (Å²) < 4.78 is 21.8. The van der Waals surface area contributed by atoms with E-state index in [0.29, 0.717) is 34.6 Å². The smallest absolute Gasteiger partial charge is 0.331 e. The Morgan fingerprint density at radius 3 is 2.77 bits per heavy atom. The van der Waals surface area contributed by atoms with Crippen LogP contribution in [0.15, 0.2) is 46.9 Å². The molecular weight excluding hydrogens is 420 g/mol. The second-order valence-electron chi connectivity index (χ2n) is 6.69. The van der Waals surface area contributed by atoms with E-state index in [2.05, 4.69) is 10.2 Å². The van der Waals surface area contributed by atoms with Crippen LogP contribution in [-0.4, -0.2) is 29.9 Å². The van der Waals surface area contributed by atoms with Gasteiger partial charge in [-0.05, 0) is 56.7 Å². The molecule has 1 heterocycles. The highest BCUT2D eigenvalue weighted by Crippen LogP contribution is 2.36. The maximum Gasteiger partial charge on any atom is 0.331 e. The minimum atomic E-state index is -0.707. The average Bonchev–Trinajstić information content (AvgIpc) is 3.23. The first-order valence-corrected chi connectivity index (χ1v) is 10.1. The lowest BCUT2D eigenvalue weighted by molar-refractivity contribution is -0.143. The number of ether oxygens (including phenoxy) is 3. The zero-order chi connectivity index (χ0) is 22.4. The number of aromatic nitrogens is 2. The molecule has 1 atom stereocenters. The second kappa shape index (κ2) is 10.1. The van der Waals surface area contributed by atoms with Crippen molar-refractivity contribution in [3.05, 3.63) is 64.5 Å². The van der Waals surface area contributed by atoms with Gasteiger partial charge in [-0.3, -0.25) is 0 Å². The standard InChI is InChI=1S/C23H23ClN2O5/c1-5-29-19-13-16(12-18(24)21(19)28-4)9-10-20(27)30-15(3)22-25-26-23(31-22)17-8-6-7-14(2)11-17/h6-13,15H,5H2,1-4H3/b10-9+. The van der Waals surface area contributed by atoms with Crippen molar-refractivity contribution in [3.8, 4) is 23.0 Å². The van der Waals surface area contributed by atoms with Crippen LogP contribution in [0.1, 0.15) is 37.0 Å². The minimum absolute atomic E-state index is 0.212. The summed E-state index contributed by atoms with van der Waals surface area (Å²) in [6.45, 7) is 5.95. The number of hydrogen-bond acceptors (Lipinski definition) is 7. The highest BCUT2D eigenvalue weighted by atomic mass is 35.5. The van der Waals surface area contributed by atoms with Crippen molar-refractivity contribution in [2.45, 2.75) is 26.9 Å². The number of carbonyl (C=O) groups excluding carboxylic acids is 1. The molecule has 3 rings (SSSR count). The maximum absolute atomic E-state index is 12.3. The van der Waals surface area contributed by atoms with Crippen molar-refractivity contribution in [2.75, 3.05) is 13.7 Å².